The molecule has 0 radical (unpaired) electrons. The lowest BCUT2D eigenvalue weighted by molar-refractivity contribution is 0.0665. The molecule has 0 spiro atoms. The second kappa shape index (κ2) is 7.37. The van der Waals surface area contributed by atoms with Gasteiger partial charge in [0.1, 0.15) is 5.69 Å². The number of aromatic nitrogens is 1. The number of carbonyl (C=O) groups excluding carboxylic acids is 2. The van der Waals surface area contributed by atoms with Crippen molar-refractivity contribution < 1.29 is 9.59 Å². The van der Waals surface area contributed by atoms with Gasteiger partial charge in [-0.05, 0) is 42.3 Å². The molecule has 2 aromatic rings. The normalized spacial score (nSPS) is 17.7. The average molecular weight is 329 g/mol. The van der Waals surface area contributed by atoms with Crippen LogP contribution in [-0.4, -0.2) is 41.3 Å². The topological polar surface area (TPSA) is 62.3 Å². The number of rotatable bonds is 4. The van der Waals surface area contributed by atoms with Crippen molar-refractivity contribution in [3.05, 3.63) is 52.5 Å². The van der Waals surface area contributed by atoms with E-state index in [9.17, 15) is 9.59 Å². The van der Waals surface area contributed by atoms with Crippen LogP contribution < -0.4 is 5.32 Å². The molecular formula is C17H19N3O2S. The van der Waals surface area contributed by atoms with E-state index in [1.807, 2.05) is 28.5 Å². The van der Waals surface area contributed by atoms with E-state index in [1.165, 1.54) is 11.3 Å². The molecule has 3 heterocycles. The molecule has 6 heteroatoms. The van der Waals surface area contributed by atoms with Gasteiger partial charge in [0.05, 0.1) is 4.88 Å². The van der Waals surface area contributed by atoms with Gasteiger partial charge in [0.2, 0.25) is 0 Å². The second-order valence-electron chi connectivity index (χ2n) is 5.66. The minimum absolute atomic E-state index is 0.0279. The minimum Gasteiger partial charge on any atom is -0.351 e. The quantitative estimate of drug-likeness (QED) is 0.937. The first-order chi connectivity index (χ1) is 11.2. The summed E-state index contributed by atoms with van der Waals surface area (Å²) in [7, 11) is 0. The van der Waals surface area contributed by atoms with Crippen molar-refractivity contribution in [1.82, 2.24) is 15.2 Å². The third-order valence-corrected chi connectivity index (χ3v) is 4.86. The number of hydrogen-bond donors (Lipinski definition) is 1. The third kappa shape index (κ3) is 3.96. The molecule has 0 aliphatic carbocycles. The molecule has 2 aromatic heterocycles. The Labute approximate surface area is 139 Å². The molecule has 3 rings (SSSR count). The fraction of sp³-hybridized carbons (Fsp3) is 0.353. The molecule has 1 aliphatic heterocycles. The summed E-state index contributed by atoms with van der Waals surface area (Å²) in [6, 6.07) is 9.05. The van der Waals surface area contributed by atoms with Crippen LogP contribution in [0.2, 0.25) is 0 Å². The molecular weight excluding hydrogens is 310 g/mol. The van der Waals surface area contributed by atoms with Crippen molar-refractivity contribution in [1.29, 1.82) is 0 Å². The number of amides is 2. The summed E-state index contributed by atoms with van der Waals surface area (Å²) in [6.07, 6.45) is 3.62. The maximum atomic E-state index is 12.4. The van der Waals surface area contributed by atoms with Crippen LogP contribution in [0.25, 0.3) is 0 Å². The number of carbonyl (C=O) groups is 2. The summed E-state index contributed by atoms with van der Waals surface area (Å²) in [5, 5.41) is 4.86. The Bertz CT molecular complexity index is 658. The molecule has 0 unspecified atom stereocenters. The van der Waals surface area contributed by atoms with Crippen LogP contribution in [0.5, 0.6) is 0 Å². The molecule has 1 saturated heterocycles. The van der Waals surface area contributed by atoms with Crippen LogP contribution in [0, 0.1) is 5.92 Å². The molecule has 1 fully saturated rings. The van der Waals surface area contributed by atoms with Gasteiger partial charge in [0.15, 0.2) is 0 Å². The predicted octanol–water partition coefficient (Wildman–Crippen LogP) is 2.43. The lowest BCUT2D eigenvalue weighted by Gasteiger charge is -2.32. The Morgan fingerprint density at radius 1 is 1.30 bits per heavy atom. The van der Waals surface area contributed by atoms with Gasteiger partial charge in [-0.25, -0.2) is 0 Å². The maximum absolute atomic E-state index is 12.4. The van der Waals surface area contributed by atoms with E-state index < -0.39 is 0 Å². The SMILES string of the molecule is O=C(NC[C@@H]1CCCN(C(=O)c2ccccn2)C1)c1cccs1. The first-order valence-electron chi connectivity index (χ1n) is 7.76. The predicted molar refractivity (Wildman–Crippen MR) is 89.5 cm³/mol. The highest BCUT2D eigenvalue weighted by atomic mass is 32.1. The van der Waals surface area contributed by atoms with E-state index in [4.69, 9.17) is 0 Å². The van der Waals surface area contributed by atoms with Crippen LogP contribution in [-0.2, 0) is 0 Å². The highest BCUT2D eigenvalue weighted by molar-refractivity contribution is 7.12. The fourth-order valence-electron chi connectivity index (χ4n) is 2.80. The molecule has 0 saturated carbocycles. The molecule has 0 aromatic carbocycles. The molecule has 1 N–H and O–H groups in total. The Balaban J connectivity index is 1.54. The van der Waals surface area contributed by atoms with Gasteiger partial charge < -0.3 is 10.2 Å². The van der Waals surface area contributed by atoms with Crippen molar-refractivity contribution in [2.75, 3.05) is 19.6 Å². The van der Waals surface area contributed by atoms with E-state index in [2.05, 4.69) is 10.3 Å². The number of piperidine rings is 1. The zero-order valence-corrected chi connectivity index (χ0v) is 13.6. The largest absolute Gasteiger partial charge is 0.351 e. The first-order valence-corrected chi connectivity index (χ1v) is 8.64. The van der Waals surface area contributed by atoms with Crippen LogP contribution in [0.3, 0.4) is 0 Å². The van der Waals surface area contributed by atoms with Gasteiger partial charge in [-0.2, -0.15) is 0 Å². The Hall–Kier alpha value is -2.21. The smallest absolute Gasteiger partial charge is 0.272 e. The number of pyridine rings is 1. The molecule has 0 bridgehead atoms. The van der Waals surface area contributed by atoms with Gasteiger partial charge in [-0.3, -0.25) is 14.6 Å². The maximum Gasteiger partial charge on any atom is 0.272 e. The minimum atomic E-state index is -0.0341. The van der Waals surface area contributed by atoms with Crippen molar-refractivity contribution in [2.24, 2.45) is 5.92 Å². The Kier molecular flexibility index (Phi) is 5.02. The third-order valence-electron chi connectivity index (χ3n) is 3.99. The molecule has 2 amide bonds. The summed E-state index contributed by atoms with van der Waals surface area (Å²) < 4.78 is 0. The van der Waals surface area contributed by atoms with Gasteiger partial charge in [-0.1, -0.05) is 12.1 Å². The summed E-state index contributed by atoms with van der Waals surface area (Å²) in [5.74, 6) is 0.230. The number of nitrogens with one attached hydrogen (secondary N) is 1. The van der Waals surface area contributed by atoms with Crippen molar-refractivity contribution in [3.63, 3.8) is 0 Å². The van der Waals surface area contributed by atoms with E-state index >= 15 is 0 Å². The lowest BCUT2D eigenvalue weighted by Crippen LogP contribution is -2.43. The van der Waals surface area contributed by atoms with E-state index in [0.29, 0.717) is 24.7 Å². The molecule has 5 nitrogen and oxygen atoms in total. The van der Waals surface area contributed by atoms with Gasteiger partial charge in [0.25, 0.3) is 11.8 Å². The number of thiophene rings is 1. The summed E-state index contributed by atoms with van der Waals surface area (Å²) >= 11 is 1.44. The Morgan fingerprint density at radius 3 is 2.96 bits per heavy atom. The number of nitrogens with zero attached hydrogens (tertiary/aromatic N) is 2. The average Bonchev–Trinajstić information content (AvgIpc) is 3.15. The standard InChI is InChI=1S/C17H19N3O2S/c21-16(15-7-4-10-23-15)19-11-13-5-3-9-20(12-13)17(22)14-6-1-2-8-18-14/h1-2,4,6-8,10,13H,3,5,9,11-12H2,(H,19,21)/t13-/m0/s1. The summed E-state index contributed by atoms with van der Waals surface area (Å²) in [6.45, 7) is 2.02. The fourth-order valence-corrected chi connectivity index (χ4v) is 3.44. The number of likely N-dealkylation sites (tertiary alicyclic amines) is 1. The lowest BCUT2D eigenvalue weighted by atomic mass is 9.97. The van der Waals surface area contributed by atoms with E-state index in [1.54, 1.807) is 18.3 Å². The van der Waals surface area contributed by atoms with E-state index in [0.717, 1.165) is 24.3 Å². The Morgan fingerprint density at radius 2 is 2.22 bits per heavy atom. The van der Waals surface area contributed by atoms with Crippen molar-refractivity contribution in [2.45, 2.75) is 12.8 Å². The number of hydrogen-bond acceptors (Lipinski definition) is 4. The van der Waals surface area contributed by atoms with Gasteiger partial charge in [-0.15, -0.1) is 11.3 Å². The molecule has 1 atom stereocenters. The van der Waals surface area contributed by atoms with Crippen LogP contribution in [0.4, 0.5) is 0 Å². The van der Waals surface area contributed by atoms with Crippen LogP contribution in [0.1, 0.15) is 33.0 Å². The summed E-state index contributed by atoms with van der Waals surface area (Å²) in [4.78, 5) is 31.1. The molecule has 23 heavy (non-hydrogen) atoms. The van der Waals surface area contributed by atoms with Gasteiger partial charge >= 0.3 is 0 Å². The van der Waals surface area contributed by atoms with Crippen molar-refractivity contribution in [3.8, 4) is 0 Å². The molecule has 120 valence electrons. The van der Waals surface area contributed by atoms with Gasteiger partial charge in [0, 0.05) is 25.8 Å². The summed E-state index contributed by atoms with van der Waals surface area (Å²) in [5.41, 5.74) is 0.482. The zero-order valence-electron chi connectivity index (χ0n) is 12.8. The van der Waals surface area contributed by atoms with E-state index in [-0.39, 0.29) is 11.8 Å². The highest BCUT2D eigenvalue weighted by Gasteiger charge is 2.25. The first kappa shape index (κ1) is 15.7. The van der Waals surface area contributed by atoms with Crippen LogP contribution >= 0.6 is 11.3 Å². The second-order valence-corrected chi connectivity index (χ2v) is 6.61. The highest BCUT2D eigenvalue weighted by Crippen LogP contribution is 2.18. The zero-order chi connectivity index (χ0) is 16.1. The molecule has 1 aliphatic rings. The monoisotopic (exact) mass is 329 g/mol. The van der Waals surface area contributed by atoms with Crippen LogP contribution in [0.15, 0.2) is 41.9 Å². The van der Waals surface area contributed by atoms with Crippen molar-refractivity contribution >= 4 is 23.2 Å².